The lowest BCUT2D eigenvalue weighted by Crippen LogP contribution is -2.14. The van der Waals surface area contributed by atoms with Gasteiger partial charge in [0, 0.05) is 22.3 Å². The van der Waals surface area contributed by atoms with Crippen LogP contribution in [0.4, 0.5) is 0 Å². The van der Waals surface area contributed by atoms with Gasteiger partial charge in [-0.1, -0.05) is 57.3 Å². The van der Waals surface area contributed by atoms with Crippen LogP contribution in [-0.4, -0.2) is 212 Å². The number of esters is 3. The highest BCUT2D eigenvalue weighted by Gasteiger charge is 2.18. The van der Waals surface area contributed by atoms with Gasteiger partial charge in [0.2, 0.25) is 0 Å². The average Bonchev–Trinajstić information content (AvgIpc) is 4.42. The van der Waals surface area contributed by atoms with Crippen LogP contribution in [0.5, 0.6) is 0 Å². The van der Waals surface area contributed by atoms with Crippen LogP contribution in [0.2, 0.25) is 0 Å². The highest BCUT2D eigenvalue weighted by Crippen LogP contribution is 2.28. The summed E-state index contributed by atoms with van der Waals surface area (Å²) in [6.07, 6.45) is 7.00. The van der Waals surface area contributed by atoms with Crippen molar-refractivity contribution in [3.8, 4) is 67.8 Å². The first kappa shape index (κ1) is 61.3. The number of carbonyl (C=O) groups is 3. The van der Waals surface area contributed by atoms with Crippen molar-refractivity contribution in [3.05, 3.63) is 157 Å². The lowest BCUT2D eigenvalue weighted by Gasteiger charge is -2.10. The molecule has 86 heavy (non-hydrogen) atoms. The molecule has 0 bridgehead atoms. The number of hydrogen-bond acceptors (Lipinski definition) is 23. The molecule has 0 atom stereocenters. The van der Waals surface area contributed by atoms with E-state index in [1.165, 1.54) is 9.36 Å². The van der Waals surface area contributed by atoms with Gasteiger partial charge in [0.05, 0.1) is 163 Å². The van der Waals surface area contributed by atoms with Gasteiger partial charge in [-0.3, -0.25) is 0 Å². The van der Waals surface area contributed by atoms with Crippen LogP contribution in [-0.2, 0) is 42.6 Å². The predicted molar refractivity (Wildman–Crippen MR) is 305 cm³/mol. The maximum Gasteiger partial charge on any atom is 0.338 e. The first-order valence-corrected chi connectivity index (χ1v) is 27.3. The highest BCUT2D eigenvalue weighted by molar-refractivity contribution is 5.91. The van der Waals surface area contributed by atoms with E-state index in [2.05, 4.69) is 41.2 Å². The molecule has 4 heterocycles. The maximum atomic E-state index is 13.7. The summed E-state index contributed by atoms with van der Waals surface area (Å²) in [6.45, 7) is 2.94. The predicted octanol–water partition coefficient (Wildman–Crippen LogP) is 4.22. The second-order valence-electron chi connectivity index (χ2n) is 18.4. The van der Waals surface area contributed by atoms with E-state index in [1.54, 1.807) is 101 Å². The zero-order valence-corrected chi connectivity index (χ0v) is 46.6. The van der Waals surface area contributed by atoms with E-state index in [4.69, 9.17) is 58.0 Å². The number of carbonyl (C=O) groups excluding carboxylic acids is 3. The van der Waals surface area contributed by atoms with Crippen molar-refractivity contribution in [2.45, 2.75) is 0 Å². The molecule has 448 valence electrons. The number of ether oxygens (including phenoxy) is 9. The highest BCUT2D eigenvalue weighted by atomic mass is 16.6. The minimum Gasteiger partial charge on any atom is -0.460 e. The molecule has 27 nitrogen and oxygen atoms in total. The molecule has 0 amide bonds. The number of rotatable bonds is 35. The zero-order chi connectivity index (χ0) is 59.7. The van der Waals surface area contributed by atoms with Crippen LogP contribution in [0.1, 0.15) is 31.1 Å². The third kappa shape index (κ3) is 17.4. The number of aliphatic hydroxyl groups excluding tert-OH is 3. The molecule has 0 radical (unpaired) electrons. The number of benzene rings is 5. The third-order valence-electron chi connectivity index (χ3n) is 12.5. The summed E-state index contributed by atoms with van der Waals surface area (Å²) in [5.74, 6) is -1.62. The Morgan fingerprint density at radius 1 is 0.314 bits per heavy atom. The first-order valence-electron chi connectivity index (χ1n) is 27.3. The van der Waals surface area contributed by atoms with Gasteiger partial charge >= 0.3 is 17.9 Å². The monoisotopic (exact) mass is 1180 g/mol. The molecule has 0 aliphatic rings. The fourth-order valence-electron chi connectivity index (χ4n) is 8.23. The molecule has 0 aliphatic carbocycles. The minimum atomic E-state index is -0.626. The largest absolute Gasteiger partial charge is 0.460 e. The molecule has 4 aromatic heterocycles. The molecule has 0 spiro atoms. The van der Waals surface area contributed by atoms with Gasteiger partial charge in [-0.05, 0) is 78.9 Å². The van der Waals surface area contributed by atoms with E-state index >= 15 is 0 Å². The SMILES string of the molecule is O=C(OCCOCCOCCO)c1ccc(-n2cc(-c3cccc(-c4cn(-c5cc(C(=O)OCCOCCOCCO)cc(-n6cc(-c7cccc(-c8cn(-c9ccc(C(=O)OCCOCCOCCO)cc9)nn8)c7)nn6)c5)nn4)c3)nn2)cc1. The normalized spacial score (nSPS) is 11.3. The maximum absolute atomic E-state index is 13.7. The molecule has 0 saturated heterocycles. The third-order valence-corrected chi connectivity index (χ3v) is 12.5. The number of aromatic nitrogens is 12. The smallest absolute Gasteiger partial charge is 0.338 e. The molecule has 9 rings (SSSR count). The van der Waals surface area contributed by atoms with Crippen molar-refractivity contribution < 1.29 is 72.3 Å². The van der Waals surface area contributed by atoms with Gasteiger partial charge in [0.25, 0.3) is 0 Å². The first-order chi connectivity index (χ1) is 42.3. The zero-order valence-electron chi connectivity index (χ0n) is 46.6. The van der Waals surface area contributed by atoms with Crippen LogP contribution in [0, 0.1) is 0 Å². The van der Waals surface area contributed by atoms with E-state index < -0.39 is 17.9 Å². The molecular weight excluding hydrogens is 1120 g/mol. The van der Waals surface area contributed by atoms with Gasteiger partial charge < -0.3 is 58.0 Å². The Morgan fingerprint density at radius 3 is 0.907 bits per heavy atom. The Labute approximate surface area is 492 Å². The molecule has 0 saturated carbocycles. The summed E-state index contributed by atoms with van der Waals surface area (Å²) in [4.78, 5) is 39.0. The Bertz CT molecular complexity index is 3370. The molecule has 5 aromatic carbocycles. The molecule has 0 fully saturated rings. The topological polar surface area (TPSA) is 318 Å². The number of hydrogen-bond donors (Lipinski definition) is 3. The van der Waals surface area contributed by atoms with E-state index in [1.807, 2.05) is 48.5 Å². The second-order valence-corrected chi connectivity index (χ2v) is 18.4. The summed E-state index contributed by atoms with van der Waals surface area (Å²) in [5.41, 5.74) is 8.31. The van der Waals surface area contributed by atoms with Crippen LogP contribution in [0.3, 0.4) is 0 Å². The fourth-order valence-corrected chi connectivity index (χ4v) is 8.23. The quantitative estimate of drug-likeness (QED) is 0.0284. The average molecular weight is 1180 g/mol. The van der Waals surface area contributed by atoms with Crippen molar-refractivity contribution in [1.82, 2.24) is 60.0 Å². The van der Waals surface area contributed by atoms with Crippen molar-refractivity contribution in [2.24, 2.45) is 0 Å². The second kappa shape index (κ2) is 32.1. The summed E-state index contributed by atoms with van der Waals surface area (Å²) in [6, 6.07) is 33.7. The summed E-state index contributed by atoms with van der Waals surface area (Å²) >= 11 is 0. The number of nitrogens with zero attached hydrogens (tertiary/aromatic N) is 12. The van der Waals surface area contributed by atoms with Crippen molar-refractivity contribution in [3.63, 3.8) is 0 Å². The van der Waals surface area contributed by atoms with Crippen LogP contribution >= 0.6 is 0 Å². The van der Waals surface area contributed by atoms with Gasteiger partial charge in [-0.2, -0.15) is 0 Å². The molecule has 9 aromatic rings. The molecule has 0 unspecified atom stereocenters. The van der Waals surface area contributed by atoms with Gasteiger partial charge in [-0.25, -0.2) is 33.1 Å². The van der Waals surface area contributed by atoms with Crippen molar-refractivity contribution in [2.75, 3.05) is 119 Å². The summed E-state index contributed by atoms with van der Waals surface area (Å²) < 4.78 is 54.3. The van der Waals surface area contributed by atoms with Crippen molar-refractivity contribution in [1.29, 1.82) is 0 Å². The summed E-state index contributed by atoms with van der Waals surface area (Å²) in [5, 5.41) is 61.9. The van der Waals surface area contributed by atoms with Gasteiger partial charge in [-0.15, -0.1) is 20.4 Å². The standard InChI is InChI=1S/C59H62N12O15/c72-15-18-78-21-24-81-27-30-84-57(75)42-7-11-49(12-8-42)68-38-53(60-64-68)44-3-1-5-46(33-44)55-40-70(66-62-55)51-35-48(59(77)86-32-29-83-26-23-80-20-17-74)36-52(37-51)71-41-56(63-67-71)47-6-2-4-45(34-47)54-39-69(65-61-54)50-13-9-43(10-14-50)58(76)85-31-28-82-25-22-79-19-16-73/h1-14,33-41,72-74H,15-32H2. The van der Waals surface area contributed by atoms with Gasteiger partial charge in [0.1, 0.15) is 42.6 Å². The van der Waals surface area contributed by atoms with E-state index in [9.17, 15) is 14.4 Å². The minimum absolute atomic E-state index is 0.0373. The van der Waals surface area contributed by atoms with Crippen LogP contribution in [0.25, 0.3) is 67.8 Å². The van der Waals surface area contributed by atoms with E-state index in [0.29, 0.717) is 83.1 Å². The fraction of sp³-hybridized carbons (Fsp3) is 0.305. The molecular formula is C59H62N12O15. The molecule has 3 N–H and O–H groups in total. The molecule has 0 aliphatic heterocycles. The van der Waals surface area contributed by atoms with E-state index in [0.717, 1.165) is 22.3 Å². The van der Waals surface area contributed by atoms with Crippen LogP contribution in [0.15, 0.2) is 140 Å². The summed E-state index contributed by atoms with van der Waals surface area (Å²) in [7, 11) is 0. The Morgan fingerprint density at radius 2 is 0.593 bits per heavy atom. The Balaban J connectivity index is 0.868. The van der Waals surface area contributed by atoms with E-state index in [-0.39, 0.29) is 98.1 Å². The lowest BCUT2D eigenvalue weighted by molar-refractivity contribution is 0.00901. The Kier molecular flexibility index (Phi) is 22.9. The Hall–Kier alpha value is -9.29. The number of aliphatic hydroxyl groups is 3. The van der Waals surface area contributed by atoms with Gasteiger partial charge in [0.15, 0.2) is 0 Å². The van der Waals surface area contributed by atoms with Crippen LogP contribution < -0.4 is 0 Å². The van der Waals surface area contributed by atoms with Crippen molar-refractivity contribution >= 4 is 17.9 Å². The molecule has 27 heteroatoms. The lowest BCUT2D eigenvalue weighted by atomic mass is 10.1.